The summed E-state index contributed by atoms with van der Waals surface area (Å²) in [4.78, 5) is 12.8. The lowest BCUT2D eigenvalue weighted by Crippen LogP contribution is -2.16. The molecule has 1 aliphatic heterocycles. The standard InChI is InChI=1S/C18H14O5/c1-20-12-4-2-11(3-5-12)14-10-23-15-9-17-16(21-6-7-22-17)8-13(15)18(14)19/h2-5,8-10H,6-7H2,1H3. The zero-order valence-corrected chi connectivity index (χ0v) is 12.5. The highest BCUT2D eigenvalue weighted by Crippen LogP contribution is 2.34. The van der Waals surface area contributed by atoms with Gasteiger partial charge in [-0.2, -0.15) is 0 Å². The predicted molar refractivity (Wildman–Crippen MR) is 85.5 cm³/mol. The molecule has 2 aromatic carbocycles. The van der Waals surface area contributed by atoms with E-state index in [1.807, 2.05) is 24.3 Å². The van der Waals surface area contributed by atoms with Gasteiger partial charge in [0.1, 0.15) is 30.8 Å². The van der Waals surface area contributed by atoms with Crippen molar-refractivity contribution in [3.63, 3.8) is 0 Å². The van der Waals surface area contributed by atoms with E-state index in [2.05, 4.69) is 0 Å². The molecule has 0 aliphatic carbocycles. The first-order valence-electron chi connectivity index (χ1n) is 7.26. The number of hydrogen-bond donors (Lipinski definition) is 0. The average Bonchev–Trinajstić information content (AvgIpc) is 2.61. The molecule has 1 aliphatic rings. The Balaban J connectivity index is 1.88. The maximum atomic E-state index is 12.8. The van der Waals surface area contributed by atoms with Crippen LogP contribution in [-0.2, 0) is 0 Å². The van der Waals surface area contributed by atoms with Gasteiger partial charge >= 0.3 is 0 Å². The van der Waals surface area contributed by atoms with Crippen LogP contribution in [0.1, 0.15) is 0 Å². The Bertz CT molecular complexity index is 925. The number of hydrogen-bond acceptors (Lipinski definition) is 5. The van der Waals surface area contributed by atoms with Gasteiger partial charge in [0.25, 0.3) is 0 Å². The molecule has 0 spiro atoms. The van der Waals surface area contributed by atoms with Gasteiger partial charge in [0.15, 0.2) is 11.5 Å². The van der Waals surface area contributed by atoms with E-state index >= 15 is 0 Å². The number of methoxy groups -OCH3 is 1. The van der Waals surface area contributed by atoms with Crippen molar-refractivity contribution in [3.05, 3.63) is 52.9 Å². The van der Waals surface area contributed by atoms with Crippen molar-refractivity contribution in [1.82, 2.24) is 0 Å². The molecule has 4 rings (SSSR count). The molecule has 0 amide bonds. The van der Waals surface area contributed by atoms with Gasteiger partial charge in [-0.05, 0) is 23.8 Å². The van der Waals surface area contributed by atoms with Crippen LogP contribution in [0.15, 0.2) is 51.9 Å². The molecule has 1 aromatic heterocycles. The van der Waals surface area contributed by atoms with Crippen LogP contribution >= 0.6 is 0 Å². The summed E-state index contributed by atoms with van der Waals surface area (Å²) in [7, 11) is 1.60. The average molecular weight is 310 g/mol. The smallest absolute Gasteiger partial charge is 0.200 e. The fourth-order valence-electron chi connectivity index (χ4n) is 2.64. The van der Waals surface area contributed by atoms with Gasteiger partial charge < -0.3 is 18.6 Å². The molecule has 0 bridgehead atoms. The van der Waals surface area contributed by atoms with Gasteiger partial charge in [-0.1, -0.05) is 12.1 Å². The third-order valence-electron chi connectivity index (χ3n) is 3.84. The molecular weight excluding hydrogens is 296 g/mol. The monoisotopic (exact) mass is 310 g/mol. The second-order valence-electron chi connectivity index (χ2n) is 5.20. The minimum Gasteiger partial charge on any atom is -0.497 e. The number of rotatable bonds is 2. The molecule has 116 valence electrons. The van der Waals surface area contributed by atoms with E-state index in [1.165, 1.54) is 6.26 Å². The number of fused-ring (bicyclic) bond motifs is 2. The lowest BCUT2D eigenvalue weighted by Gasteiger charge is -2.18. The van der Waals surface area contributed by atoms with Gasteiger partial charge in [-0.3, -0.25) is 4.79 Å². The van der Waals surface area contributed by atoms with Gasteiger partial charge in [-0.25, -0.2) is 0 Å². The molecule has 5 nitrogen and oxygen atoms in total. The third-order valence-corrected chi connectivity index (χ3v) is 3.84. The van der Waals surface area contributed by atoms with Crippen molar-refractivity contribution in [2.75, 3.05) is 20.3 Å². The van der Waals surface area contributed by atoms with Crippen molar-refractivity contribution >= 4 is 11.0 Å². The first kappa shape index (κ1) is 13.7. The Morgan fingerprint density at radius 3 is 2.39 bits per heavy atom. The summed E-state index contributed by atoms with van der Waals surface area (Å²) in [5, 5.41) is 0.475. The molecule has 0 saturated heterocycles. The molecule has 3 aromatic rings. The predicted octanol–water partition coefficient (Wildman–Crippen LogP) is 3.24. The summed E-state index contributed by atoms with van der Waals surface area (Å²) in [6.45, 7) is 0.967. The topological polar surface area (TPSA) is 57.9 Å². The van der Waals surface area contributed by atoms with Crippen molar-refractivity contribution < 1.29 is 18.6 Å². The van der Waals surface area contributed by atoms with Gasteiger partial charge in [0.05, 0.1) is 18.1 Å². The van der Waals surface area contributed by atoms with E-state index in [0.717, 1.165) is 11.3 Å². The summed E-state index contributed by atoms with van der Waals surface area (Å²) in [6, 6.07) is 10.7. The highest BCUT2D eigenvalue weighted by atomic mass is 16.6. The van der Waals surface area contributed by atoms with Crippen LogP contribution in [0.5, 0.6) is 17.2 Å². The van der Waals surface area contributed by atoms with Crippen molar-refractivity contribution in [2.45, 2.75) is 0 Å². The normalized spacial score (nSPS) is 13.1. The number of ether oxygens (including phenoxy) is 3. The Hall–Kier alpha value is -2.95. The Kier molecular flexibility index (Phi) is 3.19. The molecule has 5 heteroatoms. The Morgan fingerprint density at radius 2 is 1.70 bits per heavy atom. The van der Waals surface area contributed by atoms with Crippen molar-refractivity contribution in [2.24, 2.45) is 0 Å². The maximum absolute atomic E-state index is 12.8. The minimum atomic E-state index is -0.103. The molecular formula is C18H14O5. The Morgan fingerprint density at radius 1 is 1.00 bits per heavy atom. The van der Waals surface area contributed by atoms with Gasteiger partial charge in [0.2, 0.25) is 5.43 Å². The van der Waals surface area contributed by atoms with Crippen LogP contribution in [-0.4, -0.2) is 20.3 Å². The zero-order valence-electron chi connectivity index (χ0n) is 12.5. The second-order valence-corrected chi connectivity index (χ2v) is 5.20. The molecule has 0 fully saturated rings. The van der Waals surface area contributed by atoms with Crippen LogP contribution in [0.3, 0.4) is 0 Å². The highest BCUT2D eigenvalue weighted by Gasteiger charge is 2.17. The maximum Gasteiger partial charge on any atom is 0.200 e. The number of benzene rings is 2. The quantitative estimate of drug-likeness (QED) is 0.727. The van der Waals surface area contributed by atoms with Crippen LogP contribution in [0.4, 0.5) is 0 Å². The molecule has 0 radical (unpaired) electrons. The third kappa shape index (κ3) is 2.30. The summed E-state index contributed by atoms with van der Waals surface area (Å²) in [5.74, 6) is 1.91. The molecule has 0 unspecified atom stereocenters. The SMILES string of the molecule is COc1ccc(-c2coc3cc4c(cc3c2=O)OCCO4)cc1. The summed E-state index contributed by atoms with van der Waals surface area (Å²) in [6.07, 6.45) is 1.47. The zero-order chi connectivity index (χ0) is 15.8. The van der Waals surface area contributed by atoms with E-state index < -0.39 is 0 Å². The minimum absolute atomic E-state index is 0.103. The summed E-state index contributed by atoms with van der Waals surface area (Å²) < 4.78 is 21.8. The first-order valence-corrected chi connectivity index (χ1v) is 7.26. The van der Waals surface area contributed by atoms with E-state index in [1.54, 1.807) is 19.2 Å². The second kappa shape index (κ2) is 5.35. The summed E-state index contributed by atoms with van der Waals surface area (Å²) >= 11 is 0. The van der Waals surface area contributed by atoms with E-state index in [4.69, 9.17) is 18.6 Å². The largest absolute Gasteiger partial charge is 0.497 e. The van der Waals surface area contributed by atoms with Crippen LogP contribution < -0.4 is 19.6 Å². The fourth-order valence-corrected chi connectivity index (χ4v) is 2.64. The molecule has 0 atom stereocenters. The van der Waals surface area contributed by atoms with E-state index in [0.29, 0.717) is 41.2 Å². The van der Waals surface area contributed by atoms with Crippen molar-refractivity contribution in [1.29, 1.82) is 0 Å². The van der Waals surface area contributed by atoms with Crippen molar-refractivity contribution in [3.8, 4) is 28.4 Å². The molecule has 0 N–H and O–H groups in total. The van der Waals surface area contributed by atoms with Gasteiger partial charge in [-0.15, -0.1) is 0 Å². The van der Waals surface area contributed by atoms with E-state index in [9.17, 15) is 4.79 Å². The molecule has 0 saturated carbocycles. The molecule has 23 heavy (non-hydrogen) atoms. The lowest BCUT2D eigenvalue weighted by molar-refractivity contribution is 0.172. The van der Waals surface area contributed by atoms with Crippen LogP contribution in [0.2, 0.25) is 0 Å². The summed E-state index contributed by atoms with van der Waals surface area (Å²) in [5.41, 5.74) is 1.65. The van der Waals surface area contributed by atoms with E-state index in [-0.39, 0.29) is 5.43 Å². The van der Waals surface area contributed by atoms with Crippen LogP contribution in [0.25, 0.3) is 22.1 Å². The lowest BCUT2D eigenvalue weighted by atomic mass is 10.1. The molecule has 2 heterocycles. The van der Waals surface area contributed by atoms with Crippen LogP contribution in [0, 0.1) is 0 Å². The highest BCUT2D eigenvalue weighted by molar-refractivity contribution is 5.84. The van der Waals surface area contributed by atoms with Gasteiger partial charge in [0, 0.05) is 6.07 Å². The fraction of sp³-hybridized carbons (Fsp3) is 0.167. The Labute approximate surface area is 132 Å². The first-order chi connectivity index (χ1) is 11.3.